The molecule has 2 rings (SSSR count). The second-order valence-corrected chi connectivity index (χ2v) is 4.89. The summed E-state index contributed by atoms with van der Waals surface area (Å²) in [5, 5.41) is 1.02. The quantitative estimate of drug-likeness (QED) is 0.644. The van der Waals surface area contributed by atoms with Gasteiger partial charge in [-0.2, -0.15) is 0 Å². The SMILES string of the molecule is CC(CCI)c1c[nH]c2ccc(F)cc12. The highest BCUT2D eigenvalue weighted by atomic mass is 127. The average Bonchev–Trinajstić information content (AvgIpc) is 2.60. The highest BCUT2D eigenvalue weighted by Gasteiger charge is 2.10. The van der Waals surface area contributed by atoms with Gasteiger partial charge in [-0.1, -0.05) is 29.5 Å². The summed E-state index contributed by atoms with van der Waals surface area (Å²) in [4.78, 5) is 3.19. The van der Waals surface area contributed by atoms with Gasteiger partial charge in [0.05, 0.1) is 0 Å². The maximum atomic E-state index is 13.1. The minimum absolute atomic E-state index is 0.162. The molecule has 0 aliphatic heterocycles. The van der Waals surface area contributed by atoms with E-state index in [1.165, 1.54) is 11.6 Å². The maximum absolute atomic E-state index is 13.1. The Morgan fingerprint density at radius 1 is 1.47 bits per heavy atom. The van der Waals surface area contributed by atoms with E-state index in [1.54, 1.807) is 12.1 Å². The molecule has 1 nitrogen and oxygen atoms in total. The van der Waals surface area contributed by atoms with E-state index < -0.39 is 0 Å². The number of fused-ring (bicyclic) bond motifs is 1. The molecule has 3 heteroatoms. The van der Waals surface area contributed by atoms with Crippen LogP contribution in [-0.4, -0.2) is 9.41 Å². The third-order valence-corrected chi connectivity index (χ3v) is 3.37. The Morgan fingerprint density at radius 3 is 3.00 bits per heavy atom. The van der Waals surface area contributed by atoms with Crippen molar-refractivity contribution in [3.63, 3.8) is 0 Å². The van der Waals surface area contributed by atoms with Crippen molar-refractivity contribution in [2.75, 3.05) is 4.43 Å². The van der Waals surface area contributed by atoms with Crippen molar-refractivity contribution in [3.05, 3.63) is 35.8 Å². The van der Waals surface area contributed by atoms with E-state index in [4.69, 9.17) is 0 Å². The van der Waals surface area contributed by atoms with Crippen molar-refractivity contribution in [2.24, 2.45) is 0 Å². The van der Waals surface area contributed by atoms with Crippen LogP contribution in [0.5, 0.6) is 0 Å². The lowest BCUT2D eigenvalue weighted by molar-refractivity contribution is 0.629. The van der Waals surface area contributed by atoms with Gasteiger partial charge in [0.1, 0.15) is 5.82 Å². The van der Waals surface area contributed by atoms with E-state index in [0.717, 1.165) is 21.8 Å². The summed E-state index contributed by atoms with van der Waals surface area (Å²) in [7, 11) is 0. The molecular formula is C12H13FIN. The van der Waals surface area contributed by atoms with Crippen molar-refractivity contribution in [2.45, 2.75) is 19.3 Å². The van der Waals surface area contributed by atoms with E-state index in [0.29, 0.717) is 5.92 Å². The molecule has 1 unspecified atom stereocenters. The van der Waals surface area contributed by atoms with Crippen LogP contribution in [0.25, 0.3) is 10.9 Å². The number of aromatic nitrogens is 1. The minimum atomic E-state index is -0.162. The van der Waals surface area contributed by atoms with Gasteiger partial charge in [0.2, 0.25) is 0 Å². The lowest BCUT2D eigenvalue weighted by atomic mass is 9.98. The number of nitrogens with one attached hydrogen (secondary N) is 1. The van der Waals surface area contributed by atoms with E-state index >= 15 is 0 Å². The van der Waals surface area contributed by atoms with Gasteiger partial charge in [-0.3, -0.25) is 0 Å². The van der Waals surface area contributed by atoms with Crippen LogP contribution in [0.4, 0.5) is 4.39 Å². The molecule has 0 bridgehead atoms. The molecule has 0 aliphatic rings. The maximum Gasteiger partial charge on any atom is 0.123 e. The summed E-state index contributed by atoms with van der Waals surface area (Å²) in [6.45, 7) is 2.19. The van der Waals surface area contributed by atoms with Crippen LogP contribution in [-0.2, 0) is 0 Å². The van der Waals surface area contributed by atoms with Gasteiger partial charge >= 0.3 is 0 Å². The topological polar surface area (TPSA) is 15.8 Å². The van der Waals surface area contributed by atoms with Gasteiger partial charge in [0, 0.05) is 21.5 Å². The van der Waals surface area contributed by atoms with Crippen LogP contribution in [0.3, 0.4) is 0 Å². The van der Waals surface area contributed by atoms with Crippen molar-refractivity contribution >= 4 is 33.5 Å². The number of H-pyrrole nitrogens is 1. The smallest absolute Gasteiger partial charge is 0.123 e. The first-order valence-corrected chi connectivity index (χ1v) is 6.57. The number of halogens is 2. The number of hydrogen-bond donors (Lipinski definition) is 1. The van der Waals surface area contributed by atoms with Crippen LogP contribution in [0, 0.1) is 5.82 Å². The van der Waals surface area contributed by atoms with Crippen LogP contribution in [0.1, 0.15) is 24.8 Å². The number of hydrogen-bond acceptors (Lipinski definition) is 0. The molecule has 1 N–H and O–H groups in total. The fraction of sp³-hybridized carbons (Fsp3) is 0.333. The van der Waals surface area contributed by atoms with Gasteiger partial charge in [-0.15, -0.1) is 0 Å². The summed E-state index contributed by atoms with van der Waals surface area (Å²) >= 11 is 2.37. The second-order valence-electron chi connectivity index (χ2n) is 3.81. The van der Waals surface area contributed by atoms with Crippen molar-refractivity contribution in [1.29, 1.82) is 0 Å². The van der Waals surface area contributed by atoms with Crippen molar-refractivity contribution in [1.82, 2.24) is 4.98 Å². The molecule has 0 radical (unpaired) electrons. The third kappa shape index (κ3) is 2.17. The highest BCUT2D eigenvalue weighted by molar-refractivity contribution is 14.1. The molecule has 0 fully saturated rings. The molecule has 1 atom stereocenters. The Kier molecular flexibility index (Phi) is 3.29. The normalized spacial score (nSPS) is 13.3. The Hall–Kier alpha value is -0.580. The average molecular weight is 317 g/mol. The zero-order valence-electron chi connectivity index (χ0n) is 8.56. The van der Waals surface area contributed by atoms with Gasteiger partial charge in [-0.05, 0) is 36.1 Å². The Balaban J connectivity index is 2.47. The summed E-state index contributed by atoms with van der Waals surface area (Å²) in [6, 6.07) is 4.90. The summed E-state index contributed by atoms with van der Waals surface area (Å²) in [6.07, 6.45) is 3.13. The molecule has 0 saturated carbocycles. The molecule has 0 amide bonds. The van der Waals surface area contributed by atoms with Crippen LogP contribution >= 0.6 is 22.6 Å². The van der Waals surface area contributed by atoms with E-state index in [2.05, 4.69) is 34.5 Å². The number of aromatic amines is 1. The Morgan fingerprint density at radius 2 is 2.27 bits per heavy atom. The number of rotatable bonds is 3. The fourth-order valence-electron chi connectivity index (χ4n) is 1.84. The Labute approximate surface area is 102 Å². The minimum Gasteiger partial charge on any atom is -0.361 e. The summed E-state index contributed by atoms with van der Waals surface area (Å²) < 4.78 is 14.3. The fourth-order valence-corrected chi connectivity index (χ4v) is 2.78. The molecule has 1 heterocycles. The molecule has 1 aromatic heterocycles. The first-order valence-electron chi connectivity index (χ1n) is 5.05. The predicted octanol–water partition coefficient (Wildman–Crippen LogP) is 4.24. The predicted molar refractivity (Wildman–Crippen MR) is 70.2 cm³/mol. The first-order chi connectivity index (χ1) is 7.22. The van der Waals surface area contributed by atoms with Crippen LogP contribution in [0.15, 0.2) is 24.4 Å². The van der Waals surface area contributed by atoms with Gasteiger partial charge in [0.15, 0.2) is 0 Å². The van der Waals surface area contributed by atoms with E-state index in [9.17, 15) is 4.39 Å². The molecular weight excluding hydrogens is 304 g/mol. The monoisotopic (exact) mass is 317 g/mol. The van der Waals surface area contributed by atoms with Crippen molar-refractivity contribution in [3.8, 4) is 0 Å². The summed E-state index contributed by atoms with van der Waals surface area (Å²) in [5.74, 6) is 0.322. The number of alkyl halides is 1. The zero-order valence-corrected chi connectivity index (χ0v) is 10.7. The zero-order chi connectivity index (χ0) is 10.8. The van der Waals surface area contributed by atoms with Gasteiger partial charge < -0.3 is 4.98 Å². The second kappa shape index (κ2) is 4.51. The number of benzene rings is 1. The molecule has 80 valence electrons. The van der Waals surface area contributed by atoms with Crippen molar-refractivity contribution < 1.29 is 4.39 Å². The van der Waals surface area contributed by atoms with Crippen LogP contribution < -0.4 is 0 Å². The lowest BCUT2D eigenvalue weighted by Gasteiger charge is -2.07. The van der Waals surface area contributed by atoms with Gasteiger partial charge in [0.25, 0.3) is 0 Å². The molecule has 1 aromatic carbocycles. The van der Waals surface area contributed by atoms with E-state index in [-0.39, 0.29) is 5.82 Å². The highest BCUT2D eigenvalue weighted by Crippen LogP contribution is 2.28. The third-order valence-electron chi connectivity index (χ3n) is 2.75. The molecule has 15 heavy (non-hydrogen) atoms. The molecule has 0 saturated heterocycles. The first kappa shape index (κ1) is 10.9. The van der Waals surface area contributed by atoms with Crippen LogP contribution in [0.2, 0.25) is 0 Å². The Bertz CT molecular complexity index is 464. The lowest BCUT2D eigenvalue weighted by Crippen LogP contribution is -1.92. The summed E-state index contributed by atoms with van der Waals surface area (Å²) in [5.41, 5.74) is 2.24. The van der Waals surface area contributed by atoms with Gasteiger partial charge in [-0.25, -0.2) is 4.39 Å². The molecule has 0 spiro atoms. The standard InChI is InChI=1S/C12H13FIN/c1-8(4-5-14)11-7-15-12-3-2-9(13)6-10(11)12/h2-3,6-8,15H,4-5H2,1H3. The molecule has 2 aromatic rings. The van der Waals surface area contributed by atoms with E-state index in [1.807, 2.05) is 6.20 Å². The largest absolute Gasteiger partial charge is 0.361 e. The molecule has 0 aliphatic carbocycles.